The van der Waals surface area contributed by atoms with E-state index in [-0.39, 0.29) is 16.5 Å². The van der Waals surface area contributed by atoms with Crippen LogP contribution in [0.1, 0.15) is 0 Å². The lowest BCUT2D eigenvalue weighted by molar-refractivity contribution is -0.133. The lowest BCUT2D eigenvalue weighted by atomic mass is 10.2. The van der Waals surface area contributed by atoms with Gasteiger partial charge in [-0.15, -0.1) is 10.2 Å². The van der Waals surface area contributed by atoms with Crippen LogP contribution in [-0.4, -0.2) is 36.3 Å². The molecule has 0 saturated heterocycles. The van der Waals surface area contributed by atoms with E-state index in [2.05, 4.69) is 10.2 Å². The van der Waals surface area contributed by atoms with Crippen LogP contribution in [0.5, 0.6) is 0 Å². The van der Waals surface area contributed by atoms with Crippen molar-refractivity contribution in [3.05, 3.63) is 28.7 Å². The number of nitrogens with zero attached hydrogens (tertiary/aromatic N) is 4. The van der Waals surface area contributed by atoms with Crippen molar-refractivity contribution in [1.29, 1.82) is 0 Å². The zero-order chi connectivity index (χ0) is 14.0. The largest absolute Gasteiger partial charge is 0.481 e. The maximum absolute atomic E-state index is 11.5. The van der Waals surface area contributed by atoms with Gasteiger partial charge in [0.1, 0.15) is 0 Å². The van der Waals surface area contributed by atoms with Gasteiger partial charge in [-0.1, -0.05) is 11.8 Å². The number of aryl methyl sites for hydroxylation is 1. The van der Waals surface area contributed by atoms with Crippen molar-refractivity contribution in [2.24, 2.45) is 7.05 Å². The summed E-state index contributed by atoms with van der Waals surface area (Å²) in [5.74, 6) is 4.96. The first-order valence-corrected chi connectivity index (χ1v) is 6.19. The number of carbonyl (C=O) groups is 1. The number of hydrogen-bond donors (Lipinski definition) is 2. The zero-order valence-corrected chi connectivity index (χ0v) is 10.8. The van der Waals surface area contributed by atoms with Gasteiger partial charge in [-0.2, -0.15) is 0 Å². The standard InChI is InChI=1S/C10H11N5O3S/c1-14-3-2-6(4-7(14)16)9-12-13-10(15(9)11)19-5-8(17)18/h2-4H,5,11H2,1H3,(H,17,18). The molecule has 19 heavy (non-hydrogen) atoms. The molecule has 2 aromatic heterocycles. The lowest BCUT2D eigenvalue weighted by Gasteiger charge is -2.03. The highest BCUT2D eigenvalue weighted by Gasteiger charge is 2.13. The Labute approximate surface area is 111 Å². The van der Waals surface area contributed by atoms with Crippen molar-refractivity contribution in [2.45, 2.75) is 5.16 Å². The van der Waals surface area contributed by atoms with Crippen molar-refractivity contribution >= 4 is 17.7 Å². The summed E-state index contributed by atoms with van der Waals surface area (Å²) in [6, 6.07) is 3.07. The van der Waals surface area contributed by atoms with E-state index in [9.17, 15) is 9.59 Å². The molecule has 2 aromatic rings. The van der Waals surface area contributed by atoms with Gasteiger partial charge in [-0.25, -0.2) is 4.68 Å². The highest BCUT2D eigenvalue weighted by atomic mass is 32.2. The predicted octanol–water partition coefficient (Wildman–Crippen LogP) is -0.466. The average molecular weight is 281 g/mol. The lowest BCUT2D eigenvalue weighted by Crippen LogP contribution is -2.16. The second-order valence-corrected chi connectivity index (χ2v) is 4.67. The molecule has 2 rings (SSSR count). The Morgan fingerprint density at radius 2 is 2.26 bits per heavy atom. The number of thioether (sulfide) groups is 1. The van der Waals surface area contributed by atoms with Gasteiger partial charge in [0.25, 0.3) is 5.56 Å². The maximum Gasteiger partial charge on any atom is 0.313 e. The number of nitrogens with two attached hydrogens (primary N) is 1. The summed E-state index contributed by atoms with van der Waals surface area (Å²) in [5, 5.41) is 16.5. The third kappa shape index (κ3) is 2.76. The highest BCUT2D eigenvalue weighted by molar-refractivity contribution is 7.99. The van der Waals surface area contributed by atoms with Gasteiger partial charge >= 0.3 is 5.97 Å². The quantitative estimate of drug-likeness (QED) is 0.575. The highest BCUT2D eigenvalue weighted by Crippen LogP contribution is 2.20. The summed E-state index contributed by atoms with van der Waals surface area (Å²) in [5.41, 5.74) is 0.334. The molecule has 8 nitrogen and oxygen atoms in total. The van der Waals surface area contributed by atoms with Gasteiger partial charge in [-0.05, 0) is 6.07 Å². The number of rotatable bonds is 4. The van der Waals surface area contributed by atoms with Crippen LogP contribution in [0.3, 0.4) is 0 Å². The summed E-state index contributed by atoms with van der Waals surface area (Å²) < 4.78 is 2.59. The number of hydrogen-bond acceptors (Lipinski definition) is 6. The van der Waals surface area contributed by atoms with Crippen LogP contribution < -0.4 is 11.4 Å². The number of nitrogen functional groups attached to an aromatic ring is 1. The van der Waals surface area contributed by atoms with E-state index in [1.165, 1.54) is 15.3 Å². The molecule has 0 aromatic carbocycles. The van der Waals surface area contributed by atoms with Crippen molar-refractivity contribution in [3.8, 4) is 11.4 Å². The van der Waals surface area contributed by atoms with E-state index in [0.29, 0.717) is 11.4 Å². The Morgan fingerprint density at radius 3 is 2.89 bits per heavy atom. The minimum absolute atomic E-state index is 0.161. The van der Waals surface area contributed by atoms with Crippen LogP contribution in [0.25, 0.3) is 11.4 Å². The van der Waals surface area contributed by atoms with E-state index < -0.39 is 5.97 Å². The molecule has 0 unspecified atom stereocenters. The zero-order valence-electron chi connectivity index (χ0n) is 9.98. The third-order valence-corrected chi connectivity index (χ3v) is 3.28. The third-order valence-electron chi connectivity index (χ3n) is 2.35. The summed E-state index contributed by atoms with van der Waals surface area (Å²) in [6.07, 6.45) is 1.59. The second kappa shape index (κ2) is 5.14. The topological polar surface area (TPSA) is 116 Å². The minimum Gasteiger partial charge on any atom is -0.481 e. The number of carboxylic acid groups (broad SMARTS) is 1. The van der Waals surface area contributed by atoms with Gasteiger partial charge in [0.05, 0.1) is 5.75 Å². The van der Waals surface area contributed by atoms with Crippen LogP contribution in [0, 0.1) is 0 Å². The van der Waals surface area contributed by atoms with Crippen LogP contribution in [0.15, 0.2) is 28.3 Å². The number of pyridine rings is 1. The number of aromatic nitrogens is 4. The second-order valence-electron chi connectivity index (χ2n) is 3.72. The van der Waals surface area contributed by atoms with Crippen molar-refractivity contribution in [1.82, 2.24) is 19.4 Å². The van der Waals surface area contributed by atoms with E-state index in [1.54, 1.807) is 19.3 Å². The Hall–Kier alpha value is -2.29. The first-order valence-electron chi connectivity index (χ1n) is 5.21. The van der Waals surface area contributed by atoms with Crippen molar-refractivity contribution < 1.29 is 9.90 Å². The van der Waals surface area contributed by atoms with Gasteiger partial charge in [0, 0.05) is 24.9 Å². The fourth-order valence-electron chi connectivity index (χ4n) is 1.39. The van der Waals surface area contributed by atoms with Crippen LogP contribution >= 0.6 is 11.8 Å². The van der Waals surface area contributed by atoms with Gasteiger partial charge < -0.3 is 15.5 Å². The van der Waals surface area contributed by atoms with E-state index in [1.807, 2.05) is 0 Å². The number of carboxylic acids is 1. The first-order chi connectivity index (χ1) is 8.99. The molecule has 9 heteroatoms. The molecule has 0 aliphatic rings. The summed E-state index contributed by atoms with van der Waals surface area (Å²) >= 11 is 0.959. The van der Waals surface area contributed by atoms with Crippen LogP contribution in [0.2, 0.25) is 0 Å². The van der Waals surface area contributed by atoms with E-state index >= 15 is 0 Å². The van der Waals surface area contributed by atoms with E-state index in [0.717, 1.165) is 11.8 Å². The summed E-state index contributed by atoms with van der Waals surface area (Å²) in [4.78, 5) is 22.0. The molecule has 0 spiro atoms. The Morgan fingerprint density at radius 1 is 1.53 bits per heavy atom. The van der Waals surface area contributed by atoms with Gasteiger partial charge in [-0.3, -0.25) is 9.59 Å². The average Bonchev–Trinajstić information content (AvgIpc) is 2.72. The van der Waals surface area contributed by atoms with E-state index in [4.69, 9.17) is 10.9 Å². The Balaban J connectivity index is 2.33. The molecular weight excluding hydrogens is 270 g/mol. The normalized spacial score (nSPS) is 10.6. The van der Waals surface area contributed by atoms with Gasteiger partial charge in [0.2, 0.25) is 5.16 Å². The predicted molar refractivity (Wildman–Crippen MR) is 69.2 cm³/mol. The monoisotopic (exact) mass is 281 g/mol. The molecule has 0 bridgehead atoms. The molecule has 0 atom stereocenters. The Bertz CT molecular complexity index is 678. The minimum atomic E-state index is -0.969. The SMILES string of the molecule is Cn1ccc(-c2nnc(SCC(=O)O)n2N)cc1=O. The first kappa shape index (κ1) is 13.1. The summed E-state index contributed by atoms with van der Waals surface area (Å²) in [6.45, 7) is 0. The molecule has 0 radical (unpaired) electrons. The molecule has 2 heterocycles. The molecule has 3 N–H and O–H groups in total. The number of aliphatic carboxylic acids is 1. The fraction of sp³-hybridized carbons (Fsp3) is 0.200. The Kier molecular flexibility index (Phi) is 3.56. The van der Waals surface area contributed by atoms with Crippen LogP contribution in [-0.2, 0) is 11.8 Å². The maximum atomic E-state index is 11.5. The van der Waals surface area contributed by atoms with Crippen molar-refractivity contribution in [3.63, 3.8) is 0 Å². The molecule has 0 aliphatic carbocycles. The molecule has 0 aliphatic heterocycles. The summed E-state index contributed by atoms with van der Waals surface area (Å²) in [7, 11) is 1.63. The van der Waals surface area contributed by atoms with Crippen LogP contribution in [0.4, 0.5) is 0 Å². The smallest absolute Gasteiger partial charge is 0.313 e. The molecule has 0 fully saturated rings. The molecule has 0 amide bonds. The van der Waals surface area contributed by atoms with Crippen molar-refractivity contribution in [2.75, 3.05) is 11.6 Å². The molecule has 0 saturated carbocycles. The molecular formula is C10H11N5O3S. The fourth-order valence-corrected chi connectivity index (χ4v) is 1.96. The van der Waals surface area contributed by atoms with Gasteiger partial charge in [0.15, 0.2) is 5.82 Å². The molecule has 100 valence electrons.